The number of hydrogen-bond acceptors (Lipinski definition) is 4. The smallest absolute Gasteiger partial charge is 0.168 e. The number of hydrogen-bond donors (Lipinski definition) is 2. The first-order chi connectivity index (χ1) is 8.79. The molecular formula is C14H23N3O. The van der Waals surface area contributed by atoms with Gasteiger partial charge in [0.2, 0.25) is 0 Å². The van der Waals surface area contributed by atoms with Gasteiger partial charge in [-0.25, -0.2) is 4.98 Å². The van der Waals surface area contributed by atoms with Crippen LogP contribution in [0.2, 0.25) is 0 Å². The van der Waals surface area contributed by atoms with Crippen molar-refractivity contribution >= 4 is 5.82 Å². The highest BCUT2D eigenvalue weighted by Gasteiger charge is 2.19. The van der Waals surface area contributed by atoms with Crippen molar-refractivity contribution in [3.63, 3.8) is 0 Å². The minimum Gasteiger partial charge on any atom is -0.490 e. The van der Waals surface area contributed by atoms with Crippen molar-refractivity contribution in [1.82, 2.24) is 4.98 Å². The Morgan fingerprint density at radius 3 is 3.17 bits per heavy atom. The molecule has 0 spiro atoms. The van der Waals surface area contributed by atoms with Crippen LogP contribution in [0.1, 0.15) is 32.6 Å². The molecule has 4 heteroatoms. The largest absolute Gasteiger partial charge is 0.490 e. The van der Waals surface area contributed by atoms with Crippen molar-refractivity contribution in [2.24, 2.45) is 11.7 Å². The van der Waals surface area contributed by atoms with Crippen LogP contribution in [0.25, 0.3) is 0 Å². The van der Waals surface area contributed by atoms with E-state index in [4.69, 9.17) is 10.5 Å². The first-order valence-electron chi connectivity index (χ1n) is 6.87. The van der Waals surface area contributed by atoms with Gasteiger partial charge in [0, 0.05) is 18.8 Å². The van der Waals surface area contributed by atoms with Gasteiger partial charge in [-0.3, -0.25) is 0 Å². The SMILES string of the molecule is CCOc1cccnc1NCC1CCCC(N)C1. The Kier molecular flexibility index (Phi) is 4.81. The minimum absolute atomic E-state index is 0.376. The molecule has 1 saturated carbocycles. The van der Waals surface area contributed by atoms with Gasteiger partial charge in [0.1, 0.15) is 0 Å². The summed E-state index contributed by atoms with van der Waals surface area (Å²) in [6, 6.07) is 4.22. The fourth-order valence-corrected chi connectivity index (χ4v) is 2.55. The molecule has 0 amide bonds. The molecule has 3 N–H and O–H groups in total. The summed E-state index contributed by atoms with van der Waals surface area (Å²) in [5, 5.41) is 3.40. The maximum atomic E-state index is 6.00. The zero-order chi connectivity index (χ0) is 12.8. The van der Waals surface area contributed by atoms with Crippen LogP contribution in [0.15, 0.2) is 18.3 Å². The molecule has 1 heterocycles. The maximum Gasteiger partial charge on any atom is 0.168 e. The molecule has 0 saturated heterocycles. The zero-order valence-electron chi connectivity index (χ0n) is 11.1. The third kappa shape index (κ3) is 3.60. The second kappa shape index (κ2) is 6.59. The summed E-state index contributed by atoms with van der Waals surface area (Å²) in [7, 11) is 0. The van der Waals surface area contributed by atoms with Crippen LogP contribution in [-0.4, -0.2) is 24.2 Å². The van der Waals surface area contributed by atoms with Crippen molar-refractivity contribution in [3.05, 3.63) is 18.3 Å². The van der Waals surface area contributed by atoms with E-state index in [0.29, 0.717) is 18.6 Å². The predicted molar refractivity (Wildman–Crippen MR) is 73.8 cm³/mol. The van der Waals surface area contributed by atoms with Crippen molar-refractivity contribution in [1.29, 1.82) is 0 Å². The molecule has 0 aliphatic heterocycles. The van der Waals surface area contributed by atoms with Gasteiger partial charge in [-0.1, -0.05) is 6.42 Å². The van der Waals surface area contributed by atoms with E-state index in [1.807, 2.05) is 19.1 Å². The molecule has 2 rings (SSSR count). The van der Waals surface area contributed by atoms with Gasteiger partial charge in [0.25, 0.3) is 0 Å². The number of nitrogens with zero attached hydrogens (tertiary/aromatic N) is 1. The molecular weight excluding hydrogens is 226 g/mol. The zero-order valence-corrected chi connectivity index (χ0v) is 11.1. The number of nitrogens with two attached hydrogens (primary N) is 1. The number of anilines is 1. The Hall–Kier alpha value is -1.29. The first-order valence-corrected chi connectivity index (χ1v) is 6.87. The van der Waals surface area contributed by atoms with Crippen LogP contribution < -0.4 is 15.8 Å². The van der Waals surface area contributed by atoms with E-state index in [2.05, 4.69) is 10.3 Å². The lowest BCUT2D eigenvalue weighted by Crippen LogP contribution is -2.31. The van der Waals surface area contributed by atoms with Gasteiger partial charge in [-0.05, 0) is 44.2 Å². The van der Waals surface area contributed by atoms with Crippen molar-refractivity contribution in [2.45, 2.75) is 38.6 Å². The molecule has 2 atom stereocenters. The highest BCUT2D eigenvalue weighted by atomic mass is 16.5. The Balaban J connectivity index is 1.89. The fourth-order valence-electron chi connectivity index (χ4n) is 2.55. The van der Waals surface area contributed by atoms with Gasteiger partial charge < -0.3 is 15.8 Å². The summed E-state index contributed by atoms with van der Waals surface area (Å²) in [4.78, 5) is 4.33. The maximum absolute atomic E-state index is 6.00. The predicted octanol–water partition coefficient (Wildman–Crippen LogP) is 2.41. The van der Waals surface area contributed by atoms with Gasteiger partial charge in [-0.15, -0.1) is 0 Å². The Bertz CT molecular complexity index is 370. The topological polar surface area (TPSA) is 60.2 Å². The Morgan fingerprint density at radius 2 is 2.39 bits per heavy atom. The average molecular weight is 249 g/mol. The van der Waals surface area contributed by atoms with Crippen molar-refractivity contribution in [2.75, 3.05) is 18.5 Å². The molecule has 0 radical (unpaired) electrons. The molecule has 1 fully saturated rings. The summed E-state index contributed by atoms with van der Waals surface area (Å²) in [6.07, 6.45) is 6.58. The summed E-state index contributed by atoms with van der Waals surface area (Å²) in [5.41, 5.74) is 6.00. The van der Waals surface area contributed by atoms with Gasteiger partial charge >= 0.3 is 0 Å². The van der Waals surface area contributed by atoms with E-state index in [-0.39, 0.29) is 0 Å². The molecule has 2 unspecified atom stereocenters. The van der Waals surface area contributed by atoms with Crippen molar-refractivity contribution < 1.29 is 4.74 Å². The van der Waals surface area contributed by atoms with Crippen LogP contribution in [0.5, 0.6) is 5.75 Å². The number of rotatable bonds is 5. The summed E-state index contributed by atoms with van der Waals surface area (Å²) in [5.74, 6) is 2.34. The third-order valence-corrected chi connectivity index (χ3v) is 3.45. The normalized spacial score (nSPS) is 23.7. The second-order valence-corrected chi connectivity index (χ2v) is 4.96. The minimum atomic E-state index is 0.376. The molecule has 0 bridgehead atoms. The van der Waals surface area contributed by atoms with Crippen LogP contribution >= 0.6 is 0 Å². The lowest BCUT2D eigenvalue weighted by molar-refractivity contribution is 0.330. The number of ether oxygens (including phenoxy) is 1. The van der Waals surface area contributed by atoms with Gasteiger partial charge in [0.15, 0.2) is 11.6 Å². The van der Waals surface area contributed by atoms with E-state index < -0.39 is 0 Å². The van der Waals surface area contributed by atoms with E-state index >= 15 is 0 Å². The van der Waals surface area contributed by atoms with E-state index in [1.165, 1.54) is 19.3 Å². The Labute approximate surface area is 109 Å². The molecule has 1 aliphatic rings. The first kappa shape index (κ1) is 13.1. The molecule has 4 nitrogen and oxygen atoms in total. The Morgan fingerprint density at radius 1 is 1.50 bits per heavy atom. The molecule has 1 aromatic heterocycles. The molecule has 1 aromatic rings. The third-order valence-electron chi connectivity index (χ3n) is 3.45. The second-order valence-electron chi connectivity index (χ2n) is 4.96. The van der Waals surface area contributed by atoms with E-state index in [9.17, 15) is 0 Å². The summed E-state index contributed by atoms with van der Waals surface area (Å²) < 4.78 is 5.55. The lowest BCUT2D eigenvalue weighted by Gasteiger charge is -2.27. The van der Waals surface area contributed by atoms with Gasteiger partial charge in [0.05, 0.1) is 6.61 Å². The molecule has 0 aromatic carbocycles. The van der Waals surface area contributed by atoms with Crippen LogP contribution in [-0.2, 0) is 0 Å². The highest BCUT2D eigenvalue weighted by molar-refractivity contribution is 5.49. The summed E-state index contributed by atoms with van der Waals surface area (Å²) in [6.45, 7) is 3.58. The number of nitrogens with one attached hydrogen (secondary N) is 1. The van der Waals surface area contributed by atoms with Crippen molar-refractivity contribution in [3.8, 4) is 5.75 Å². The molecule has 18 heavy (non-hydrogen) atoms. The standard InChI is InChI=1S/C14H23N3O/c1-2-18-13-7-4-8-16-14(13)17-10-11-5-3-6-12(15)9-11/h4,7-8,11-12H,2-3,5-6,9-10,15H2,1H3,(H,16,17). The number of aromatic nitrogens is 1. The van der Waals surface area contributed by atoms with Gasteiger partial charge in [-0.2, -0.15) is 0 Å². The van der Waals surface area contributed by atoms with E-state index in [1.54, 1.807) is 6.20 Å². The van der Waals surface area contributed by atoms with E-state index in [0.717, 1.165) is 24.5 Å². The average Bonchev–Trinajstić information content (AvgIpc) is 2.38. The summed E-state index contributed by atoms with van der Waals surface area (Å²) >= 11 is 0. The fraction of sp³-hybridized carbons (Fsp3) is 0.643. The lowest BCUT2D eigenvalue weighted by atomic mass is 9.86. The molecule has 1 aliphatic carbocycles. The quantitative estimate of drug-likeness (QED) is 0.841. The van der Waals surface area contributed by atoms with Crippen LogP contribution in [0, 0.1) is 5.92 Å². The number of pyridine rings is 1. The monoisotopic (exact) mass is 249 g/mol. The highest BCUT2D eigenvalue weighted by Crippen LogP contribution is 2.25. The van der Waals surface area contributed by atoms with Crippen LogP contribution in [0.3, 0.4) is 0 Å². The molecule has 100 valence electrons. The van der Waals surface area contributed by atoms with Crippen LogP contribution in [0.4, 0.5) is 5.82 Å².